The lowest BCUT2D eigenvalue weighted by molar-refractivity contribution is 0.0295. The van der Waals surface area contributed by atoms with Gasteiger partial charge in [-0.3, -0.25) is 0 Å². The summed E-state index contributed by atoms with van der Waals surface area (Å²) in [5.74, 6) is -0.140. The van der Waals surface area contributed by atoms with Crippen LogP contribution in [0.3, 0.4) is 0 Å². The molecule has 0 spiro atoms. The van der Waals surface area contributed by atoms with Crippen LogP contribution in [-0.4, -0.2) is 12.1 Å². The van der Waals surface area contributed by atoms with Gasteiger partial charge in [-0.1, -0.05) is 31.7 Å². The van der Waals surface area contributed by atoms with Gasteiger partial charge < -0.3 is 10.1 Å². The highest BCUT2D eigenvalue weighted by molar-refractivity contribution is 5.24. The Balaban J connectivity index is 1.53. The SMILES string of the molecule is Fc1ccc(CNC2CC2)cc1COC1CCCCCC1. The number of benzene rings is 1. The van der Waals surface area contributed by atoms with E-state index in [0.29, 0.717) is 24.3 Å². The number of ether oxygens (including phenoxy) is 1. The third kappa shape index (κ3) is 4.79. The van der Waals surface area contributed by atoms with Crippen molar-refractivity contribution in [2.45, 2.75) is 76.7 Å². The maximum atomic E-state index is 13.9. The molecule has 0 heterocycles. The molecule has 2 saturated carbocycles. The van der Waals surface area contributed by atoms with Gasteiger partial charge in [-0.15, -0.1) is 0 Å². The molecule has 2 fully saturated rings. The third-order valence-electron chi connectivity index (χ3n) is 4.56. The van der Waals surface area contributed by atoms with E-state index in [1.165, 1.54) is 38.5 Å². The first-order chi connectivity index (χ1) is 10.3. The van der Waals surface area contributed by atoms with Crippen LogP contribution in [0.2, 0.25) is 0 Å². The molecule has 116 valence electrons. The summed E-state index contributed by atoms with van der Waals surface area (Å²) in [6.45, 7) is 1.25. The molecule has 0 bridgehead atoms. The molecule has 1 aromatic carbocycles. The van der Waals surface area contributed by atoms with E-state index in [1.54, 1.807) is 6.07 Å². The molecule has 2 aliphatic rings. The Morgan fingerprint density at radius 1 is 1.05 bits per heavy atom. The summed E-state index contributed by atoms with van der Waals surface area (Å²) >= 11 is 0. The molecular weight excluding hydrogens is 265 g/mol. The summed E-state index contributed by atoms with van der Waals surface area (Å²) in [5.41, 5.74) is 1.86. The zero-order valence-corrected chi connectivity index (χ0v) is 12.7. The highest BCUT2D eigenvalue weighted by atomic mass is 19.1. The van der Waals surface area contributed by atoms with E-state index in [9.17, 15) is 4.39 Å². The Morgan fingerprint density at radius 2 is 1.81 bits per heavy atom. The van der Waals surface area contributed by atoms with Crippen molar-refractivity contribution in [2.24, 2.45) is 0 Å². The highest BCUT2D eigenvalue weighted by Gasteiger charge is 2.20. The minimum absolute atomic E-state index is 0.140. The Hall–Kier alpha value is -0.930. The summed E-state index contributed by atoms with van der Waals surface area (Å²) < 4.78 is 19.9. The largest absolute Gasteiger partial charge is 0.373 e. The van der Waals surface area contributed by atoms with Crippen LogP contribution < -0.4 is 5.32 Å². The predicted octanol–water partition coefficient (Wildman–Crippen LogP) is 4.32. The first-order valence-corrected chi connectivity index (χ1v) is 8.43. The Labute approximate surface area is 127 Å². The summed E-state index contributed by atoms with van der Waals surface area (Å²) in [7, 11) is 0. The van der Waals surface area contributed by atoms with E-state index in [-0.39, 0.29) is 5.82 Å². The molecule has 2 aliphatic carbocycles. The molecule has 2 nitrogen and oxygen atoms in total. The van der Waals surface area contributed by atoms with Crippen molar-refractivity contribution in [1.82, 2.24) is 5.32 Å². The first-order valence-electron chi connectivity index (χ1n) is 8.43. The maximum absolute atomic E-state index is 13.9. The highest BCUT2D eigenvalue weighted by Crippen LogP contribution is 2.22. The summed E-state index contributed by atoms with van der Waals surface area (Å²) in [4.78, 5) is 0. The first kappa shape index (κ1) is 15.0. The Morgan fingerprint density at radius 3 is 2.52 bits per heavy atom. The number of hydrogen-bond acceptors (Lipinski definition) is 2. The second kappa shape index (κ2) is 7.37. The van der Waals surface area contributed by atoms with Crippen LogP contribution in [0.25, 0.3) is 0 Å². The molecule has 1 aromatic rings. The van der Waals surface area contributed by atoms with E-state index in [2.05, 4.69) is 5.32 Å². The zero-order valence-electron chi connectivity index (χ0n) is 12.7. The van der Waals surface area contributed by atoms with Gasteiger partial charge in [-0.05, 0) is 43.4 Å². The molecule has 0 unspecified atom stereocenters. The second-order valence-corrected chi connectivity index (χ2v) is 6.51. The van der Waals surface area contributed by atoms with Gasteiger partial charge in [0.2, 0.25) is 0 Å². The average molecular weight is 291 g/mol. The van der Waals surface area contributed by atoms with Gasteiger partial charge in [0.05, 0.1) is 12.7 Å². The zero-order chi connectivity index (χ0) is 14.5. The van der Waals surface area contributed by atoms with Crippen molar-refractivity contribution in [3.05, 3.63) is 35.1 Å². The Kier molecular flexibility index (Phi) is 5.26. The van der Waals surface area contributed by atoms with Crippen LogP contribution in [0.4, 0.5) is 4.39 Å². The van der Waals surface area contributed by atoms with E-state index < -0.39 is 0 Å². The normalized spacial score (nSPS) is 20.4. The molecule has 3 rings (SSSR count). The number of nitrogens with one attached hydrogen (secondary N) is 1. The minimum Gasteiger partial charge on any atom is -0.373 e. The van der Waals surface area contributed by atoms with Gasteiger partial charge in [-0.2, -0.15) is 0 Å². The van der Waals surface area contributed by atoms with Crippen molar-refractivity contribution >= 4 is 0 Å². The molecule has 3 heteroatoms. The van der Waals surface area contributed by atoms with Gasteiger partial charge in [0.25, 0.3) is 0 Å². The molecule has 1 N–H and O–H groups in total. The van der Waals surface area contributed by atoms with Gasteiger partial charge in [0, 0.05) is 18.2 Å². The second-order valence-electron chi connectivity index (χ2n) is 6.51. The number of halogens is 1. The van der Waals surface area contributed by atoms with Gasteiger partial charge in [0.1, 0.15) is 5.82 Å². The van der Waals surface area contributed by atoms with Crippen molar-refractivity contribution in [3.8, 4) is 0 Å². The monoisotopic (exact) mass is 291 g/mol. The smallest absolute Gasteiger partial charge is 0.128 e. The van der Waals surface area contributed by atoms with Crippen molar-refractivity contribution in [2.75, 3.05) is 0 Å². The molecular formula is C18H26FNO. The fourth-order valence-electron chi connectivity index (χ4n) is 3.01. The third-order valence-corrected chi connectivity index (χ3v) is 4.56. The topological polar surface area (TPSA) is 21.3 Å². The predicted molar refractivity (Wildman–Crippen MR) is 82.5 cm³/mol. The molecule has 0 amide bonds. The number of rotatable bonds is 6. The molecule has 0 atom stereocenters. The van der Waals surface area contributed by atoms with E-state index in [0.717, 1.165) is 24.9 Å². The summed E-state index contributed by atoms with van der Waals surface area (Å²) in [5, 5.41) is 3.47. The van der Waals surface area contributed by atoms with Crippen LogP contribution in [0.5, 0.6) is 0 Å². The fraction of sp³-hybridized carbons (Fsp3) is 0.667. The maximum Gasteiger partial charge on any atom is 0.128 e. The van der Waals surface area contributed by atoms with E-state index in [4.69, 9.17) is 4.74 Å². The minimum atomic E-state index is -0.140. The lowest BCUT2D eigenvalue weighted by atomic mass is 10.1. The van der Waals surface area contributed by atoms with Gasteiger partial charge in [0.15, 0.2) is 0 Å². The van der Waals surface area contributed by atoms with Crippen molar-refractivity contribution in [3.63, 3.8) is 0 Å². The molecule has 0 radical (unpaired) electrons. The van der Waals surface area contributed by atoms with E-state index >= 15 is 0 Å². The van der Waals surface area contributed by atoms with Crippen LogP contribution in [0, 0.1) is 5.82 Å². The van der Waals surface area contributed by atoms with E-state index in [1.807, 2.05) is 12.1 Å². The van der Waals surface area contributed by atoms with Crippen molar-refractivity contribution in [1.29, 1.82) is 0 Å². The number of hydrogen-bond donors (Lipinski definition) is 1. The van der Waals surface area contributed by atoms with Crippen LogP contribution in [0.1, 0.15) is 62.5 Å². The lowest BCUT2D eigenvalue weighted by Crippen LogP contribution is -2.16. The van der Waals surface area contributed by atoms with Crippen LogP contribution in [-0.2, 0) is 17.9 Å². The molecule has 0 aromatic heterocycles. The fourth-order valence-corrected chi connectivity index (χ4v) is 3.01. The van der Waals surface area contributed by atoms with Crippen LogP contribution >= 0.6 is 0 Å². The lowest BCUT2D eigenvalue weighted by Gasteiger charge is -2.16. The molecule has 21 heavy (non-hydrogen) atoms. The Bertz CT molecular complexity index is 451. The summed E-state index contributed by atoms with van der Waals surface area (Å²) in [6, 6.07) is 6.09. The summed E-state index contributed by atoms with van der Waals surface area (Å²) in [6.07, 6.45) is 10.3. The van der Waals surface area contributed by atoms with Gasteiger partial charge in [-0.25, -0.2) is 4.39 Å². The van der Waals surface area contributed by atoms with Crippen molar-refractivity contribution < 1.29 is 9.13 Å². The van der Waals surface area contributed by atoms with Gasteiger partial charge >= 0.3 is 0 Å². The standard InChI is InChI=1S/C18H26FNO/c19-18-10-7-14(12-20-16-8-9-16)11-15(18)13-21-17-5-3-1-2-4-6-17/h7,10-11,16-17,20H,1-6,8-9,12-13H2. The quantitative estimate of drug-likeness (QED) is 0.788. The molecule has 0 aliphatic heterocycles. The molecule has 0 saturated heterocycles. The average Bonchev–Trinajstić information content (AvgIpc) is 3.32. The van der Waals surface area contributed by atoms with Crippen LogP contribution in [0.15, 0.2) is 18.2 Å².